The number of rotatable bonds is 0. The van der Waals surface area contributed by atoms with Gasteiger partial charge in [0.2, 0.25) is 0 Å². The maximum Gasteiger partial charge on any atom is 0.253 e. The van der Waals surface area contributed by atoms with Crippen molar-refractivity contribution in [3.05, 3.63) is 29.6 Å². The van der Waals surface area contributed by atoms with Crippen molar-refractivity contribution >= 4 is 5.69 Å². The van der Waals surface area contributed by atoms with Crippen molar-refractivity contribution in [3.63, 3.8) is 0 Å². The molecule has 1 N–H and O–H groups in total. The topological polar surface area (TPSA) is 12.0 Å². The molecule has 0 bridgehead atoms. The van der Waals surface area contributed by atoms with Crippen molar-refractivity contribution in [1.29, 1.82) is 0 Å². The van der Waals surface area contributed by atoms with Gasteiger partial charge in [-0.25, -0.2) is 13.2 Å². The zero-order valence-electron chi connectivity index (χ0n) is 7.49. The predicted octanol–water partition coefficient (Wildman–Crippen LogP) is 2.82. The van der Waals surface area contributed by atoms with Gasteiger partial charge in [0.25, 0.3) is 5.92 Å². The molecule has 0 spiro atoms. The van der Waals surface area contributed by atoms with Crippen LogP contribution >= 0.6 is 0 Å². The highest BCUT2D eigenvalue weighted by molar-refractivity contribution is 5.52. The van der Waals surface area contributed by atoms with Crippen LogP contribution in [0.25, 0.3) is 0 Å². The summed E-state index contributed by atoms with van der Waals surface area (Å²) in [7, 11) is 0. The molecule has 76 valence electrons. The van der Waals surface area contributed by atoms with E-state index in [0.717, 1.165) is 0 Å². The Morgan fingerprint density at radius 1 is 1.29 bits per heavy atom. The van der Waals surface area contributed by atoms with Crippen LogP contribution in [0.15, 0.2) is 18.2 Å². The summed E-state index contributed by atoms with van der Waals surface area (Å²) in [6.45, 7) is 0.228. The van der Waals surface area contributed by atoms with Gasteiger partial charge in [-0.1, -0.05) is 0 Å². The number of fused-ring (bicyclic) bond motifs is 1. The Balaban J connectivity index is 2.38. The molecule has 0 aromatic heterocycles. The molecule has 0 saturated carbocycles. The summed E-state index contributed by atoms with van der Waals surface area (Å²) in [5, 5.41) is 2.86. The lowest BCUT2D eigenvalue weighted by Gasteiger charge is -2.12. The van der Waals surface area contributed by atoms with Crippen LogP contribution in [0.5, 0.6) is 0 Å². The second-order valence-electron chi connectivity index (χ2n) is 3.51. The monoisotopic (exact) mass is 201 g/mol. The van der Waals surface area contributed by atoms with Crippen molar-refractivity contribution in [1.82, 2.24) is 0 Å². The molecule has 14 heavy (non-hydrogen) atoms. The molecule has 1 aromatic rings. The minimum atomic E-state index is -2.73. The SMILES string of the molecule is Fc1ccc2c(c1)CC(F)(F)CCN2. The summed E-state index contributed by atoms with van der Waals surface area (Å²) in [4.78, 5) is 0. The first-order valence-corrected chi connectivity index (χ1v) is 4.47. The molecule has 1 nitrogen and oxygen atoms in total. The Hall–Kier alpha value is -1.19. The normalized spacial score (nSPS) is 19.4. The van der Waals surface area contributed by atoms with Gasteiger partial charge in [-0.2, -0.15) is 0 Å². The highest BCUT2D eigenvalue weighted by atomic mass is 19.3. The lowest BCUT2D eigenvalue weighted by molar-refractivity contribution is -0.00198. The Bertz CT molecular complexity index is 349. The Kier molecular flexibility index (Phi) is 2.13. The number of benzene rings is 1. The van der Waals surface area contributed by atoms with E-state index in [1.54, 1.807) is 0 Å². The largest absolute Gasteiger partial charge is 0.385 e. The first kappa shape index (κ1) is 9.37. The van der Waals surface area contributed by atoms with Gasteiger partial charge in [0, 0.05) is 25.1 Å². The Labute approximate surface area is 79.9 Å². The average molecular weight is 201 g/mol. The molecule has 0 amide bonds. The lowest BCUT2D eigenvalue weighted by atomic mass is 10.1. The Morgan fingerprint density at radius 2 is 2.07 bits per heavy atom. The maximum atomic E-state index is 13.1. The van der Waals surface area contributed by atoms with Gasteiger partial charge in [0.05, 0.1) is 0 Å². The third-order valence-electron chi connectivity index (χ3n) is 2.32. The van der Waals surface area contributed by atoms with Crippen LogP contribution in [0, 0.1) is 5.82 Å². The van der Waals surface area contributed by atoms with Crippen LogP contribution in [0.3, 0.4) is 0 Å². The predicted molar refractivity (Wildman–Crippen MR) is 48.2 cm³/mol. The van der Waals surface area contributed by atoms with Crippen LogP contribution in [-0.4, -0.2) is 12.5 Å². The van der Waals surface area contributed by atoms with Crippen LogP contribution in [0.2, 0.25) is 0 Å². The average Bonchev–Trinajstić information content (AvgIpc) is 2.21. The summed E-state index contributed by atoms with van der Waals surface area (Å²) in [6, 6.07) is 3.95. The van der Waals surface area contributed by atoms with E-state index in [2.05, 4.69) is 5.32 Å². The summed E-state index contributed by atoms with van der Waals surface area (Å²) in [5.74, 6) is -3.20. The van der Waals surface area contributed by atoms with E-state index in [0.29, 0.717) is 11.3 Å². The van der Waals surface area contributed by atoms with E-state index in [4.69, 9.17) is 0 Å². The van der Waals surface area contributed by atoms with Gasteiger partial charge < -0.3 is 5.32 Å². The molecular formula is C10H10F3N. The van der Waals surface area contributed by atoms with Gasteiger partial charge in [0.1, 0.15) is 5.82 Å². The van der Waals surface area contributed by atoms with E-state index < -0.39 is 11.7 Å². The molecule has 1 aromatic carbocycles. The first-order chi connectivity index (χ1) is 6.57. The van der Waals surface area contributed by atoms with Gasteiger partial charge in [-0.3, -0.25) is 0 Å². The van der Waals surface area contributed by atoms with Crippen molar-refractivity contribution in [2.75, 3.05) is 11.9 Å². The van der Waals surface area contributed by atoms with Crippen LogP contribution in [-0.2, 0) is 6.42 Å². The molecule has 1 aliphatic heterocycles. The second-order valence-corrected chi connectivity index (χ2v) is 3.51. The third kappa shape index (κ3) is 1.84. The zero-order valence-corrected chi connectivity index (χ0v) is 7.49. The molecule has 1 aliphatic rings. The smallest absolute Gasteiger partial charge is 0.253 e. The third-order valence-corrected chi connectivity index (χ3v) is 2.32. The molecule has 0 atom stereocenters. The number of anilines is 1. The van der Waals surface area contributed by atoms with E-state index in [1.807, 2.05) is 0 Å². The molecule has 0 radical (unpaired) electrons. The number of hydrogen-bond acceptors (Lipinski definition) is 1. The maximum absolute atomic E-state index is 13.1. The minimum Gasteiger partial charge on any atom is -0.385 e. The minimum absolute atomic E-state index is 0.205. The molecule has 0 aliphatic carbocycles. The number of nitrogens with one attached hydrogen (secondary N) is 1. The van der Waals surface area contributed by atoms with E-state index in [1.165, 1.54) is 18.2 Å². The summed E-state index contributed by atoms with van der Waals surface area (Å²) in [6.07, 6.45) is -0.587. The van der Waals surface area contributed by atoms with Gasteiger partial charge in [-0.05, 0) is 23.8 Å². The molecule has 0 fully saturated rings. The quantitative estimate of drug-likeness (QED) is 0.680. The highest BCUT2D eigenvalue weighted by Crippen LogP contribution is 2.31. The summed E-state index contributed by atoms with van der Waals surface area (Å²) in [5.41, 5.74) is 0.969. The highest BCUT2D eigenvalue weighted by Gasteiger charge is 2.32. The van der Waals surface area contributed by atoms with Crippen LogP contribution in [0.4, 0.5) is 18.9 Å². The van der Waals surface area contributed by atoms with Gasteiger partial charge >= 0.3 is 0 Å². The van der Waals surface area contributed by atoms with Crippen LogP contribution < -0.4 is 5.32 Å². The second kappa shape index (κ2) is 3.19. The van der Waals surface area contributed by atoms with Crippen molar-refractivity contribution in [3.8, 4) is 0 Å². The van der Waals surface area contributed by atoms with Crippen molar-refractivity contribution in [2.24, 2.45) is 0 Å². The molecule has 4 heteroatoms. The van der Waals surface area contributed by atoms with Gasteiger partial charge in [0.15, 0.2) is 0 Å². The molecular weight excluding hydrogens is 191 g/mol. The first-order valence-electron chi connectivity index (χ1n) is 4.47. The fourth-order valence-electron chi connectivity index (χ4n) is 1.63. The van der Waals surface area contributed by atoms with E-state index >= 15 is 0 Å². The molecule has 0 saturated heterocycles. The summed E-state index contributed by atoms with van der Waals surface area (Å²) < 4.78 is 39.0. The number of hydrogen-bond donors (Lipinski definition) is 1. The summed E-state index contributed by atoms with van der Waals surface area (Å²) >= 11 is 0. The lowest BCUT2D eigenvalue weighted by Crippen LogP contribution is -2.19. The van der Waals surface area contributed by atoms with E-state index in [9.17, 15) is 13.2 Å². The molecule has 2 rings (SSSR count). The molecule has 0 unspecified atom stereocenters. The molecule has 1 heterocycles. The number of halogens is 3. The van der Waals surface area contributed by atoms with E-state index in [-0.39, 0.29) is 19.4 Å². The van der Waals surface area contributed by atoms with Crippen molar-refractivity contribution < 1.29 is 13.2 Å². The van der Waals surface area contributed by atoms with Gasteiger partial charge in [-0.15, -0.1) is 0 Å². The van der Waals surface area contributed by atoms with Crippen LogP contribution in [0.1, 0.15) is 12.0 Å². The Morgan fingerprint density at radius 3 is 2.86 bits per heavy atom. The number of alkyl halides is 2. The fourth-order valence-corrected chi connectivity index (χ4v) is 1.63. The fraction of sp³-hybridized carbons (Fsp3) is 0.400. The van der Waals surface area contributed by atoms with Crippen molar-refractivity contribution in [2.45, 2.75) is 18.8 Å². The standard InChI is InChI=1S/C10H10F3N/c11-8-1-2-9-7(5-8)6-10(12,13)3-4-14-9/h1-2,5,14H,3-4,6H2. The zero-order chi connectivity index (χ0) is 10.2.